The first kappa shape index (κ1) is 24.9. The van der Waals surface area contributed by atoms with Gasteiger partial charge in [-0.05, 0) is 56.6 Å². The Bertz CT molecular complexity index is 1170. The number of nitrogens with zero attached hydrogens (tertiary/aromatic N) is 5. The van der Waals surface area contributed by atoms with Crippen LogP contribution in [0.15, 0.2) is 53.5 Å². The summed E-state index contributed by atoms with van der Waals surface area (Å²) in [4.78, 5) is 39.7. The average Bonchev–Trinajstić information content (AvgIpc) is 2.91. The van der Waals surface area contributed by atoms with Gasteiger partial charge in [-0.1, -0.05) is 44.2 Å². The van der Waals surface area contributed by atoms with E-state index in [1.54, 1.807) is 10.8 Å². The Kier molecular flexibility index (Phi) is 8.47. The molecule has 0 atom stereocenters. The quantitative estimate of drug-likeness (QED) is 0.453. The number of hydrogen-bond acceptors (Lipinski definition) is 6. The molecule has 186 valence electrons. The van der Waals surface area contributed by atoms with E-state index in [1.165, 1.54) is 0 Å². The zero-order chi connectivity index (χ0) is 24.6. The van der Waals surface area contributed by atoms with Gasteiger partial charge >= 0.3 is 0 Å². The van der Waals surface area contributed by atoms with Gasteiger partial charge in [-0.2, -0.15) is 0 Å². The van der Waals surface area contributed by atoms with Crippen LogP contribution in [0.2, 0.25) is 0 Å². The van der Waals surface area contributed by atoms with Crippen LogP contribution in [0.1, 0.15) is 38.7 Å². The van der Waals surface area contributed by atoms with Crippen LogP contribution in [-0.4, -0.2) is 64.6 Å². The fraction of sp³-hybridized carbons (Fsp3) is 0.481. The number of amides is 1. The summed E-state index contributed by atoms with van der Waals surface area (Å²) in [6.45, 7) is 9.81. The Morgan fingerprint density at radius 3 is 2.54 bits per heavy atom. The minimum absolute atomic E-state index is 0.0200. The van der Waals surface area contributed by atoms with Crippen molar-refractivity contribution in [3.63, 3.8) is 0 Å². The van der Waals surface area contributed by atoms with Crippen molar-refractivity contribution in [2.24, 2.45) is 5.92 Å². The van der Waals surface area contributed by atoms with Crippen molar-refractivity contribution in [3.8, 4) is 0 Å². The Balaban J connectivity index is 1.42. The molecule has 0 saturated carbocycles. The standard InChI is InChI=1S/C27H36N6O2/c1-3-31(4-2)17-9-16-29-26(34)22-13-18-32(19-14-22)25-27(35)33(20-21-10-6-5-7-11-21)24-23(30-25)12-8-15-28-24/h5-8,10-12,15,22H,3-4,9,13-14,16-20H2,1-2H3,(H,29,34). The second-order valence-corrected chi connectivity index (χ2v) is 9.09. The topological polar surface area (TPSA) is 83.4 Å². The average molecular weight is 477 g/mol. The van der Waals surface area contributed by atoms with E-state index in [-0.39, 0.29) is 17.4 Å². The summed E-state index contributed by atoms with van der Waals surface area (Å²) in [5, 5.41) is 3.11. The van der Waals surface area contributed by atoms with Crippen LogP contribution in [-0.2, 0) is 11.3 Å². The maximum Gasteiger partial charge on any atom is 0.295 e. The number of carbonyl (C=O) groups is 1. The number of anilines is 1. The van der Waals surface area contributed by atoms with Crippen molar-refractivity contribution in [1.29, 1.82) is 0 Å². The predicted octanol–water partition coefficient (Wildman–Crippen LogP) is 2.90. The molecule has 8 nitrogen and oxygen atoms in total. The number of pyridine rings is 1. The maximum atomic E-state index is 13.5. The lowest BCUT2D eigenvalue weighted by molar-refractivity contribution is -0.125. The van der Waals surface area contributed by atoms with Gasteiger partial charge in [-0.25, -0.2) is 9.97 Å². The molecule has 8 heteroatoms. The highest BCUT2D eigenvalue weighted by Gasteiger charge is 2.27. The summed E-state index contributed by atoms with van der Waals surface area (Å²) in [5.74, 6) is 0.550. The summed E-state index contributed by atoms with van der Waals surface area (Å²) >= 11 is 0. The highest BCUT2D eigenvalue weighted by atomic mass is 16.2. The van der Waals surface area contributed by atoms with E-state index in [2.05, 4.69) is 34.0 Å². The third kappa shape index (κ3) is 6.06. The lowest BCUT2D eigenvalue weighted by Crippen LogP contribution is -2.43. The van der Waals surface area contributed by atoms with Crippen LogP contribution >= 0.6 is 0 Å². The molecule has 1 aliphatic heterocycles. The Morgan fingerprint density at radius 1 is 1.09 bits per heavy atom. The summed E-state index contributed by atoms with van der Waals surface area (Å²) in [7, 11) is 0. The molecule has 0 radical (unpaired) electrons. The molecule has 1 saturated heterocycles. The second-order valence-electron chi connectivity index (χ2n) is 9.09. The smallest absolute Gasteiger partial charge is 0.295 e. The molecule has 0 unspecified atom stereocenters. The lowest BCUT2D eigenvalue weighted by Gasteiger charge is -2.32. The molecule has 35 heavy (non-hydrogen) atoms. The molecule has 1 fully saturated rings. The van der Waals surface area contributed by atoms with Crippen LogP contribution < -0.4 is 15.8 Å². The zero-order valence-corrected chi connectivity index (χ0v) is 20.8. The van der Waals surface area contributed by atoms with Gasteiger partial charge in [0.1, 0.15) is 5.52 Å². The van der Waals surface area contributed by atoms with E-state index in [1.807, 2.05) is 47.4 Å². The molecule has 0 aliphatic carbocycles. The molecular formula is C27H36N6O2. The van der Waals surface area contributed by atoms with Crippen molar-refractivity contribution in [2.75, 3.05) is 44.2 Å². The van der Waals surface area contributed by atoms with E-state index in [4.69, 9.17) is 0 Å². The SMILES string of the molecule is CCN(CC)CCCNC(=O)C1CCN(c2nc3cccnc3n(Cc3ccccc3)c2=O)CC1. The number of piperidine rings is 1. The fourth-order valence-electron chi connectivity index (χ4n) is 4.73. The summed E-state index contributed by atoms with van der Waals surface area (Å²) in [5.41, 5.74) is 2.18. The number of aromatic nitrogens is 3. The van der Waals surface area contributed by atoms with Gasteiger partial charge in [0.2, 0.25) is 5.91 Å². The van der Waals surface area contributed by atoms with Crippen molar-refractivity contribution < 1.29 is 4.79 Å². The van der Waals surface area contributed by atoms with Crippen LogP contribution in [0, 0.1) is 5.92 Å². The largest absolute Gasteiger partial charge is 0.356 e. The molecule has 1 N–H and O–H groups in total. The van der Waals surface area contributed by atoms with Crippen molar-refractivity contribution in [2.45, 2.75) is 39.7 Å². The van der Waals surface area contributed by atoms with E-state index < -0.39 is 0 Å². The molecular weight excluding hydrogens is 440 g/mol. The van der Waals surface area contributed by atoms with Crippen LogP contribution in [0.4, 0.5) is 5.82 Å². The molecule has 3 aromatic rings. The predicted molar refractivity (Wildman–Crippen MR) is 140 cm³/mol. The minimum atomic E-state index is -0.139. The lowest BCUT2D eigenvalue weighted by atomic mass is 9.96. The first-order valence-corrected chi connectivity index (χ1v) is 12.7. The van der Waals surface area contributed by atoms with Crippen LogP contribution in [0.5, 0.6) is 0 Å². The highest BCUT2D eigenvalue weighted by molar-refractivity contribution is 5.79. The number of nitrogens with one attached hydrogen (secondary N) is 1. The van der Waals surface area contributed by atoms with Crippen molar-refractivity contribution in [3.05, 3.63) is 64.6 Å². The number of fused-ring (bicyclic) bond motifs is 1. The number of rotatable bonds is 10. The summed E-state index contributed by atoms with van der Waals surface area (Å²) in [6.07, 6.45) is 4.08. The molecule has 4 rings (SSSR count). The van der Waals surface area contributed by atoms with Gasteiger partial charge in [-0.15, -0.1) is 0 Å². The summed E-state index contributed by atoms with van der Waals surface area (Å²) < 4.78 is 1.71. The third-order valence-corrected chi connectivity index (χ3v) is 6.88. The number of benzene rings is 1. The van der Waals surface area contributed by atoms with Gasteiger partial charge in [0.05, 0.1) is 6.54 Å². The second kappa shape index (κ2) is 11.9. The normalized spacial score (nSPS) is 14.5. The van der Waals surface area contributed by atoms with Gasteiger partial charge < -0.3 is 15.1 Å². The van der Waals surface area contributed by atoms with Crippen LogP contribution in [0.25, 0.3) is 11.2 Å². The van der Waals surface area contributed by atoms with Gasteiger partial charge in [0.25, 0.3) is 5.56 Å². The Hall–Kier alpha value is -3.26. The fourth-order valence-corrected chi connectivity index (χ4v) is 4.73. The van der Waals surface area contributed by atoms with Gasteiger partial charge in [0.15, 0.2) is 11.5 Å². The zero-order valence-electron chi connectivity index (χ0n) is 20.8. The number of carbonyl (C=O) groups excluding carboxylic acids is 1. The van der Waals surface area contributed by atoms with E-state index >= 15 is 0 Å². The van der Waals surface area contributed by atoms with Gasteiger partial charge in [0, 0.05) is 31.7 Å². The maximum absolute atomic E-state index is 13.5. The van der Waals surface area contributed by atoms with Crippen molar-refractivity contribution in [1.82, 2.24) is 24.8 Å². The van der Waals surface area contributed by atoms with E-state index in [9.17, 15) is 9.59 Å². The molecule has 1 aliphatic rings. The first-order valence-electron chi connectivity index (χ1n) is 12.7. The van der Waals surface area contributed by atoms with Crippen molar-refractivity contribution >= 4 is 22.9 Å². The molecule has 1 aromatic carbocycles. The molecule has 0 spiro atoms. The Labute approximate surface area is 207 Å². The van der Waals surface area contributed by atoms with E-state index in [0.717, 1.165) is 31.6 Å². The van der Waals surface area contributed by atoms with Crippen LogP contribution in [0.3, 0.4) is 0 Å². The summed E-state index contributed by atoms with van der Waals surface area (Å²) in [6, 6.07) is 13.7. The number of hydrogen-bond donors (Lipinski definition) is 1. The molecule has 1 amide bonds. The first-order chi connectivity index (χ1) is 17.1. The highest BCUT2D eigenvalue weighted by Crippen LogP contribution is 2.22. The molecule has 3 heterocycles. The minimum Gasteiger partial charge on any atom is -0.356 e. The Morgan fingerprint density at radius 2 is 1.83 bits per heavy atom. The molecule has 2 aromatic heterocycles. The third-order valence-electron chi connectivity index (χ3n) is 6.88. The van der Waals surface area contributed by atoms with Gasteiger partial charge in [-0.3, -0.25) is 14.2 Å². The molecule has 0 bridgehead atoms. The van der Waals surface area contributed by atoms with E-state index in [0.29, 0.717) is 56.0 Å². The monoisotopic (exact) mass is 476 g/mol.